The van der Waals surface area contributed by atoms with E-state index in [2.05, 4.69) is 22.1 Å². The Morgan fingerprint density at radius 1 is 1.17 bits per heavy atom. The van der Waals surface area contributed by atoms with Crippen molar-refractivity contribution in [2.45, 2.75) is 78.2 Å². The monoisotopic (exact) mass is 339 g/mol. The fourth-order valence-corrected chi connectivity index (χ4v) is 2.89. The number of ether oxygens (including phenoxy) is 1. The van der Waals surface area contributed by atoms with Crippen LogP contribution in [0.15, 0.2) is 4.99 Å². The van der Waals surface area contributed by atoms with Gasteiger partial charge < -0.3 is 15.0 Å². The van der Waals surface area contributed by atoms with Gasteiger partial charge in [0.05, 0.1) is 0 Å². The van der Waals surface area contributed by atoms with Gasteiger partial charge in [-0.1, -0.05) is 19.8 Å². The molecule has 0 aromatic carbocycles. The first-order valence-corrected chi connectivity index (χ1v) is 9.49. The highest BCUT2D eigenvalue weighted by molar-refractivity contribution is 5.79. The number of piperidine rings is 1. The van der Waals surface area contributed by atoms with Gasteiger partial charge in [-0.05, 0) is 52.4 Å². The van der Waals surface area contributed by atoms with E-state index in [0.717, 1.165) is 57.2 Å². The first-order chi connectivity index (χ1) is 11.3. The van der Waals surface area contributed by atoms with Gasteiger partial charge in [-0.25, -0.2) is 0 Å². The van der Waals surface area contributed by atoms with Gasteiger partial charge in [0, 0.05) is 33.1 Å². The van der Waals surface area contributed by atoms with Crippen LogP contribution in [0.5, 0.6) is 0 Å². The fourth-order valence-electron chi connectivity index (χ4n) is 2.89. The summed E-state index contributed by atoms with van der Waals surface area (Å²) >= 11 is 0. The van der Waals surface area contributed by atoms with E-state index in [-0.39, 0.29) is 11.6 Å². The summed E-state index contributed by atoms with van der Waals surface area (Å²) in [5.41, 5.74) is -0.372. The van der Waals surface area contributed by atoms with E-state index < -0.39 is 0 Å². The number of hydrogen-bond acceptors (Lipinski definition) is 3. The molecule has 24 heavy (non-hydrogen) atoms. The van der Waals surface area contributed by atoms with Crippen LogP contribution < -0.4 is 5.32 Å². The molecule has 0 atom stereocenters. The SMILES string of the molecule is CN=C(NCCCCCCC(=O)OC(C)(C)C)N1CCC(C)CC1. The van der Waals surface area contributed by atoms with Gasteiger partial charge in [0.1, 0.15) is 5.60 Å². The number of unbranched alkanes of at least 4 members (excludes halogenated alkanes) is 3. The van der Waals surface area contributed by atoms with Gasteiger partial charge in [-0.15, -0.1) is 0 Å². The van der Waals surface area contributed by atoms with E-state index in [1.807, 2.05) is 27.8 Å². The van der Waals surface area contributed by atoms with Crippen LogP contribution in [-0.4, -0.2) is 49.1 Å². The van der Waals surface area contributed by atoms with E-state index in [0.29, 0.717) is 6.42 Å². The first-order valence-electron chi connectivity index (χ1n) is 9.49. The summed E-state index contributed by atoms with van der Waals surface area (Å²) < 4.78 is 5.31. The highest BCUT2D eigenvalue weighted by atomic mass is 16.6. The maximum atomic E-state index is 11.6. The first kappa shape index (κ1) is 20.8. The van der Waals surface area contributed by atoms with Crippen molar-refractivity contribution in [1.29, 1.82) is 0 Å². The van der Waals surface area contributed by atoms with Crippen LogP contribution in [0.1, 0.15) is 72.6 Å². The van der Waals surface area contributed by atoms with Crippen LogP contribution in [0.2, 0.25) is 0 Å². The molecule has 0 aromatic rings. The molecule has 1 heterocycles. The number of hydrogen-bond donors (Lipinski definition) is 1. The minimum atomic E-state index is -0.372. The molecule has 0 amide bonds. The van der Waals surface area contributed by atoms with Crippen molar-refractivity contribution in [2.75, 3.05) is 26.7 Å². The van der Waals surface area contributed by atoms with Crippen LogP contribution in [-0.2, 0) is 9.53 Å². The van der Waals surface area contributed by atoms with Gasteiger partial charge in [-0.2, -0.15) is 0 Å². The van der Waals surface area contributed by atoms with Crippen molar-refractivity contribution in [3.05, 3.63) is 0 Å². The van der Waals surface area contributed by atoms with Crippen molar-refractivity contribution in [3.63, 3.8) is 0 Å². The number of nitrogens with zero attached hydrogens (tertiary/aromatic N) is 2. The van der Waals surface area contributed by atoms with Crippen molar-refractivity contribution in [1.82, 2.24) is 10.2 Å². The van der Waals surface area contributed by atoms with Gasteiger partial charge >= 0.3 is 5.97 Å². The van der Waals surface area contributed by atoms with Crippen molar-refractivity contribution in [3.8, 4) is 0 Å². The van der Waals surface area contributed by atoms with E-state index in [9.17, 15) is 4.79 Å². The molecule has 0 bridgehead atoms. The zero-order valence-corrected chi connectivity index (χ0v) is 16.4. The second-order valence-corrected chi connectivity index (χ2v) is 7.89. The summed E-state index contributed by atoms with van der Waals surface area (Å²) in [6.07, 6.45) is 7.25. The number of rotatable bonds is 7. The third kappa shape index (κ3) is 9.14. The summed E-state index contributed by atoms with van der Waals surface area (Å²) in [4.78, 5) is 18.4. The summed E-state index contributed by atoms with van der Waals surface area (Å²) in [5, 5.41) is 3.47. The van der Waals surface area contributed by atoms with Crippen molar-refractivity contribution < 1.29 is 9.53 Å². The standard InChI is InChI=1S/C19H37N3O2/c1-16-11-14-22(15-12-16)18(20-5)21-13-9-7-6-8-10-17(23)24-19(2,3)4/h16H,6-15H2,1-5H3,(H,20,21). The zero-order valence-electron chi connectivity index (χ0n) is 16.4. The van der Waals surface area contributed by atoms with Crippen molar-refractivity contribution in [2.24, 2.45) is 10.9 Å². The minimum absolute atomic E-state index is 0.0830. The number of esters is 1. The van der Waals surface area contributed by atoms with E-state index in [1.54, 1.807) is 0 Å². The lowest BCUT2D eigenvalue weighted by molar-refractivity contribution is -0.154. The van der Waals surface area contributed by atoms with Crippen molar-refractivity contribution >= 4 is 11.9 Å². The highest BCUT2D eigenvalue weighted by Gasteiger charge is 2.18. The number of guanidine groups is 1. The normalized spacial score (nSPS) is 17.0. The maximum absolute atomic E-state index is 11.6. The number of aliphatic imine (C=N–C) groups is 1. The predicted octanol–water partition coefficient (Wildman–Crippen LogP) is 3.59. The van der Waals surface area contributed by atoms with Gasteiger partial charge in [-0.3, -0.25) is 9.79 Å². The topological polar surface area (TPSA) is 53.9 Å². The fraction of sp³-hybridized carbons (Fsp3) is 0.895. The van der Waals surface area contributed by atoms with Gasteiger partial charge in [0.25, 0.3) is 0 Å². The molecule has 0 radical (unpaired) electrons. The molecule has 1 saturated heterocycles. The summed E-state index contributed by atoms with van der Waals surface area (Å²) in [5.74, 6) is 1.79. The maximum Gasteiger partial charge on any atom is 0.306 e. The molecule has 0 saturated carbocycles. The molecule has 0 spiro atoms. The lowest BCUT2D eigenvalue weighted by Gasteiger charge is -2.32. The quantitative estimate of drug-likeness (QED) is 0.333. The average Bonchev–Trinajstić information content (AvgIpc) is 2.49. The van der Waals surface area contributed by atoms with E-state index in [4.69, 9.17) is 4.74 Å². The summed E-state index contributed by atoms with van der Waals surface area (Å²) in [6.45, 7) is 11.2. The zero-order chi connectivity index (χ0) is 18.0. The number of nitrogens with one attached hydrogen (secondary N) is 1. The van der Waals surface area contributed by atoms with Crippen LogP contribution in [0, 0.1) is 5.92 Å². The third-order valence-corrected chi connectivity index (χ3v) is 4.31. The van der Waals surface area contributed by atoms with Gasteiger partial charge in [0.15, 0.2) is 5.96 Å². The number of carbonyl (C=O) groups excluding carboxylic acids is 1. The Morgan fingerprint density at radius 2 is 1.79 bits per heavy atom. The molecular weight excluding hydrogens is 302 g/mol. The van der Waals surface area contributed by atoms with Crippen LogP contribution >= 0.6 is 0 Å². The molecular formula is C19H37N3O2. The van der Waals surface area contributed by atoms with Crippen LogP contribution in [0.3, 0.4) is 0 Å². The molecule has 1 aliphatic rings. The Balaban J connectivity index is 2.06. The average molecular weight is 340 g/mol. The Labute approximate surface area is 148 Å². The second kappa shape index (κ2) is 10.6. The Hall–Kier alpha value is -1.26. The second-order valence-electron chi connectivity index (χ2n) is 7.89. The lowest BCUT2D eigenvalue weighted by Crippen LogP contribution is -2.45. The van der Waals surface area contributed by atoms with Gasteiger partial charge in [0.2, 0.25) is 0 Å². The summed E-state index contributed by atoms with van der Waals surface area (Å²) in [7, 11) is 1.86. The third-order valence-electron chi connectivity index (χ3n) is 4.31. The van der Waals surface area contributed by atoms with E-state index >= 15 is 0 Å². The molecule has 0 aromatic heterocycles. The summed E-state index contributed by atoms with van der Waals surface area (Å²) in [6, 6.07) is 0. The minimum Gasteiger partial charge on any atom is -0.460 e. The molecule has 1 fully saturated rings. The number of carbonyl (C=O) groups is 1. The number of likely N-dealkylation sites (tertiary alicyclic amines) is 1. The molecule has 5 nitrogen and oxygen atoms in total. The Kier molecular flexibility index (Phi) is 9.16. The smallest absolute Gasteiger partial charge is 0.306 e. The molecule has 140 valence electrons. The lowest BCUT2D eigenvalue weighted by atomic mass is 10.00. The predicted molar refractivity (Wildman–Crippen MR) is 100 cm³/mol. The molecule has 1 rings (SSSR count). The van der Waals surface area contributed by atoms with Crippen LogP contribution in [0.4, 0.5) is 0 Å². The van der Waals surface area contributed by atoms with Crippen LogP contribution in [0.25, 0.3) is 0 Å². The Bertz CT molecular complexity index is 394. The van der Waals surface area contributed by atoms with E-state index in [1.165, 1.54) is 12.8 Å². The Morgan fingerprint density at radius 3 is 2.38 bits per heavy atom. The molecule has 5 heteroatoms. The molecule has 0 aliphatic carbocycles. The molecule has 1 aliphatic heterocycles. The largest absolute Gasteiger partial charge is 0.460 e. The molecule has 0 unspecified atom stereocenters. The molecule has 1 N–H and O–H groups in total. The highest BCUT2D eigenvalue weighted by Crippen LogP contribution is 2.16.